The first-order chi connectivity index (χ1) is 9.61. The van der Waals surface area contributed by atoms with E-state index in [-0.39, 0.29) is 0 Å². The lowest BCUT2D eigenvalue weighted by molar-refractivity contribution is -0.152. The highest BCUT2D eigenvalue weighted by atomic mass is 32.2. The average Bonchev–Trinajstić information content (AvgIpc) is 2.85. The molecule has 3 heteroatoms. The molecule has 1 saturated carbocycles. The van der Waals surface area contributed by atoms with Gasteiger partial charge in [0, 0.05) is 10.6 Å². The molecule has 2 aliphatic rings. The summed E-state index contributed by atoms with van der Waals surface area (Å²) in [6.07, 6.45) is 4.65. The van der Waals surface area contributed by atoms with Crippen molar-refractivity contribution in [3.8, 4) is 0 Å². The minimum absolute atomic E-state index is 0.417. The van der Waals surface area contributed by atoms with Gasteiger partial charge in [-0.25, -0.2) is 0 Å². The smallest absolute Gasteiger partial charge is 0.309 e. The molecular weight excluding hydrogens is 268 g/mol. The van der Waals surface area contributed by atoms with Crippen LogP contribution in [-0.2, 0) is 4.79 Å². The van der Waals surface area contributed by atoms with Crippen LogP contribution in [0.1, 0.15) is 50.5 Å². The maximum atomic E-state index is 11.9. The zero-order valence-corrected chi connectivity index (χ0v) is 12.8. The number of fused-ring (bicyclic) bond motifs is 1. The summed E-state index contributed by atoms with van der Waals surface area (Å²) in [5.74, 6) is 1.58. The molecule has 1 aliphatic carbocycles. The predicted molar refractivity (Wildman–Crippen MR) is 82.2 cm³/mol. The van der Waals surface area contributed by atoms with Crippen LogP contribution >= 0.6 is 11.8 Å². The number of carboxylic acids is 1. The fourth-order valence-corrected chi connectivity index (χ4v) is 4.94. The van der Waals surface area contributed by atoms with Gasteiger partial charge in [0.1, 0.15) is 0 Å². The lowest BCUT2D eigenvalue weighted by atomic mass is 9.66. The van der Waals surface area contributed by atoms with E-state index in [1.807, 2.05) is 11.8 Å². The van der Waals surface area contributed by atoms with E-state index in [1.165, 1.54) is 10.5 Å². The molecule has 20 heavy (non-hydrogen) atoms. The van der Waals surface area contributed by atoms with Gasteiger partial charge in [-0.1, -0.05) is 25.1 Å². The summed E-state index contributed by atoms with van der Waals surface area (Å²) in [5, 5.41) is 9.78. The molecule has 0 aromatic heterocycles. The Morgan fingerprint density at radius 3 is 2.75 bits per heavy atom. The highest BCUT2D eigenvalue weighted by molar-refractivity contribution is 7.99. The molecule has 0 saturated heterocycles. The minimum atomic E-state index is -0.571. The van der Waals surface area contributed by atoms with Gasteiger partial charge in [0.25, 0.3) is 0 Å². The Kier molecular flexibility index (Phi) is 3.80. The first kappa shape index (κ1) is 14.0. The minimum Gasteiger partial charge on any atom is -0.481 e. The largest absolute Gasteiger partial charge is 0.481 e. The van der Waals surface area contributed by atoms with Crippen LogP contribution in [0.15, 0.2) is 29.2 Å². The topological polar surface area (TPSA) is 37.3 Å². The SMILES string of the molecule is CC1CCC(CC2CSc3ccccc32)(C(=O)O)CC1. The Balaban J connectivity index is 1.80. The summed E-state index contributed by atoms with van der Waals surface area (Å²) in [6.45, 7) is 2.24. The third-order valence-electron chi connectivity index (χ3n) is 5.12. The average molecular weight is 290 g/mol. The molecule has 1 N–H and O–H groups in total. The Morgan fingerprint density at radius 2 is 2.05 bits per heavy atom. The third kappa shape index (κ3) is 2.48. The number of aliphatic carboxylic acids is 1. The summed E-state index contributed by atoms with van der Waals surface area (Å²) in [7, 11) is 0. The number of thioether (sulfide) groups is 1. The molecule has 1 heterocycles. The highest BCUT2D eigenvalue weighted by Crippen LogP contribution is 2.50. The van der Waals surface area contributed by atoms with Crippen molar-refractivity contribution in [3.63, 3.8) is 0 Å². The molecule has 1 aliphatic heterocycles. The van der Waals surface area contributed by atoms with Crippen molar-refractivity contribution in [1.29, 1.82) is 0 Å². The van der Waals surface area contributed by atoms with E-state index in [0.29, 0.717) is 11.8 Å². The Morgan fingerprint density at radius 1 is 1.35 bits per heavy atom. The van der Waals surface area contributed by atoms with Crippen molar-refractivity contribution in [1.82, 2.24) is 0 Å². The van der Waals surface area contributed by atoms with E-state index in [9.17, 15) is 9.90 Å². The highest BCUT2D eigenvalue weighted by Gasteiger charge is 2.44. The standard InChI is InChI=1S/C17H22O2S/c1-12-6-8-17(9-7-12,16(18)19)10-13-11-20-15-5-3-2-4-14(13)15/h2-5,12-13H,6-11H2,1H3,(H,18,19). The van der Waals surface area contributed by atoms with Crippen LogP contribution in [0, 0.1) is 11.3 Å². The van der Waals surface area contributed by atoms with Gasteiger partial charge in [0.2, 0.25) is 0 Å². The molecule has 2 nitrogen and oxygen atoms in total. The second kappa shape index (κ2) is 5.44. The van der Waals surface area contributed by atoms with Crippen molar-refractivity contribution >= 4 is 17.7 Å². The van der Waals surface area contributed by atoms with Gasteiger partial charge in [-0.2, -0.15) is 0 Å². The Hall–Kier alpha value is -0.960. The number of hydrogen-bond acceptors (Lipinski definition) is 2. The van der Waals surface area contributed by atoms with Crippen LogP contribution in [0.2, 0.25) is 0 Å². The van der Waals surface area contributed by atoms with Crippen molar-refractivity contribution < 1.29 is 9.90 Å². The summed E-state index contributed by atoms with van der Waals surface area (Å²) in [4.78, 5) is 13.2. The first-order valence-electron chi connectivity index (χ1n) is 7.56. The first-order valence-corrected chi connectivity index (χ1v) is 8.54. The number of rotatable bonds is 3. The van der Waals surface area contributed by atoms with Crippen molar-refractivity contribution in [2.24, 2.45) is 11.3 Å². The molecule has 0 bridgehead atoms. The van der Waals surface area contributed by atoms with E-state index in [2.05, 4.69) is 31.2 Å². The van der Waals surface area contributed by atoms with Crippen LogP contribution < -0.4 is 0 Å². The Bertz CT molecular complexity index is 503. The molecule has 1 aromatic rings. The molecule has 0 radical (unpaired) electrons. The molecular formula is C17H22O2S. The van der Waals surface area contributed by atoms with E-state index in [4.69, 9.17) is 0 Å². The summed E-state index contributed by atoms with van der Waals surface area (Å²) >= 11 is 1.88. The molecule has 108 valence electrons. The van der Waals surface area contributed by atoms with Crippen LogP contribution in [0.5, 0.6) is 0 Å². The molecule has 0 amide bonds. The van der Waals surface area contributed by atoms with Crippen LogP contribution in [0.25, 0.3) is 0 Å². The van der Waals surface area contributed by atoms with Gasteiger partial charge in [-0.05, 0) is 55.6 Å². The zero-order chi connectivity index (χ0) is 14.2. The monoisotopic (exact) mass is 290 g/mol. The van der Waals surface area contributed by atoms with E-state index < -0.39 is 11.4 Å². The van der Waals surface area contributed by atoms with Crippen LogP contribution in [-0.4, -0.2) is 16.8 Å². The zero-order valence-electron chi connectivity index (χ0n) is 12.0. The lowest BCUT2D eigenvalue weighted by Crippen LogP contribution is -2.36. The molecule has 1 aromatic carbocycles. The fraction of sp³-hybridized carbons (Fsp3) is 0.588. The van der Waals surface area contributed by atoms with Crippen molar-refractivity contribution in [2.75, 3.05) is 5.75 Å². The summed E-state index contributed by atoms with van der Waals surface area (Å²) in [5.41, 5.74) is 0.895. The van der Waals surface area contributed by atoms with Crippen molar-refractivity contribution in [2.45, 2.75) is 49.8 Å². The second-order valence-corrected chi connectivity index (χ2v) is 7.58. The Labute approximate surface area is 125 Å². The van der Waals surface area contributed by atoms with Gasteiger partial charge in [-0.15, -0.1) is 11.8 Å². The molecule has 0 spiro atoms. The van der Waals surface area contributed by atoms with Gasteiger partial charge < -0.3 is 5.11 Å². The lowest BCUT2D eigenvalue weighted by Gasteiger charge is -2.37. The maximum absolute atomic E-state index is 11.9. The second-order valence-electron chi connectivity index (χ2n) is 6.52. The number of hydrogen-bond donors (Lipinski definition) is 1. The van der Waals surface area contributed by atoms with Gasteiger partial charge >= 0.3 is 5.97 Å². The number of carbonyl (C=O) groups is 1. The van der Waals surface area contributed by atoms with E-state index in [0.717, 1.165) is 37.9 Å². The van der Waals surface area contributed by atoms with Crippen molar-refractivity contribution in [3.05, 3.63) is 29.8 Å². The van der Waals surface area contributed by atoms with E-state index >= 15 is 0 Å². The fourth-order valence-electron chi connectivity index (χ4n) is 3.69. The molecule has 1 unspecified atom stereocenters. The number of carboxylic acid groups (broad SMARTS) is 1. The van der Waals surface area contributed by atoms with Crippen LogP contribution in [0.3, 0.4) is 0 Å². The quantitative estimate of drug-likeness (QED) is 0.887. The number of benzene rings is 1. The van der Waals surface area contributed by atoms with E-state index in [1.54, 1.807) is 0 Å². The third-order valence-corrected chi connectivity index (χ3v) is 6.37. The van der Waals surface area contributed by atoms with Gasteiger partial charge in [0.05, 0.1) is 5.41 Å². The van der Waals surface area contributed by atoms with Gasteiger partial charge in [0.15, 0.2) is 0 Å². The normalized spacial score (nSPS) is 32.9. The molecule has 3 rings (SSSR count). The van der Waals surface area contributed by atoms with Crippen LogP contribution in [0.4, 0.5) is 0 Å². The van der Waals surface area contributed by atoms with Gasteiger partial charge in [-0.3, -0.25) is 4.79 Å². The summed E-state index contributed by atoms with van der Waals surface area (Å²) in [6, 6.07) is 8.49. The molecule has 1 atom stereocenters. The maximum Gasteiger partial charge on any atom is 0.309 e. The summed E-state index contributed by atoms with van der Waals surface area (Å²) < 4.78 is 0. The predicted octanol–water partition coefficient (Wildman–Crippen LogP) is 4.55. The molecule has 1 fully saturated rings.